The molecule has 2 aromatic carbocycles. The molecule has 0 aliphatic rings. The average Bonchev–Trinajstić information content (AvgIpc) is 3.07. The van der Waals surface area contributed by atoms with E-state index in [1.807, 2.05) is 18.4 Å². The van der Waals surface area contributed by atoms with Crippen molar-refractivity contribution < 1.29 is 9.53 Å². The van der Waals surface area contributed by atoms with Crippen LogP contribution < -0.4 is 10.1 Å². The number of carbonyl (C=O) groups excluding carboxylic acids is 1. The fourth-order valence-corrected chi connectivity index (χ4v) is 3.17. The molecule has 0 unspecified atom stereocenters. The highest BCUT2D eigenvalue weighted by atomic mass is 35.5. The zero-order chi connectivity index (χ0) is 17.8. The summed E-state index contributed by atoms with van der Waals surface area (Å²) in [6, 6.07) is 12.3. The lowest BCUT2D eigenvalue weighted by atomic mass is 10.2. The van der Waals surface area contributed by atoms with Gasteiger partial charge in [-0.15, -0.1) is 11.3 Å². The van der Waals surface area contributed by atoms with E-state index in [9.17, 15) is 4.79 Å². The maximum Gasteiger partial charge on any atom is 0.257 e. The summed E-state index contributed by atoms with van der Waals surface area (Å²) >= 11 is 13.3. The van der Waals surface area contributed by atoms with E-state index in [1.165, 1.54) is 11.3 Å². The number of benzene rings is 2. The Morgan fingerprint density at radius 1 is 1.16 bits per heavy atom. The van der Waals surface area contributed by atoms with Crippen molar-refractivity contribution >= 4 is 45.6 Å². The van der Waals surface area contributed by atoms with Crippen LogP contribution in [0.1, 0.15) is 17.3 Å². The van der Waals surface area contributed by atoms with E-state index in [0.717, 1.165) is 17.0 Å². The van der Waals surface area contributed by atoms with Crippen molar-refractivity contribution in [1.29, 1.82) is 0 Å². The molecule has 0 radical (unpaired) electrons. The van der Waals surface area contributed by atoms with Gasteiger partial charge in [0.2, 0.25) is 0 Å². The SMILES string of the molecule is CCOc1ccc(C(=O)Nc2nc(-c3ccc(Cl)c(Cl)c3)cs2)cc1. The van der Waals surface area contributed by atoms with Gasteiger partial charge in [-0.3, -0.25) is 10.1 Å². The molecular formula is C18H14Cl2N2O2S. The minimum atomic E-state index is -0.224. The van der Waals surface area contributed by atoms with Crippen molar-refractivity contribution in [1.82, 2.24) is 4.98 Å². The molecular weight excluding hydrogens is 379 g/mol. The first-order valence-electron chi connectivity index (χ1n) is 7.52. The van der Waals surface area contributed by atoms with E-state index < -0.39 is 0 Å². The van der Waals surface area contributed by atoms with Crippen LogP contribution in [0.3, 0.4) is 0 Å². The van der Waals surface area contributed by atoms with Crippen molar-refractivity contribution in [3.63, 3.8) is 0 Å². The maximum atomic E-state index is 12.3. The number of thiazole rings is 1. The molecule has 0 aliphatic heterocycles. The Bertz CT molecular complexity index is 894. The van der Waals surface area contributed by atoms with Crippen LogP contribution in [0.25, 0.3) is 11.3 Å². The number of rotatable bonds is 5. The number of hydrogen-bond donors (Lipinski definition) is 1. The lowest BCUT2D eigenvalue weighted by molar-refractivity contribution is 0.102. The van der Waals surface area contributed by atoms with Crippen LogP contribution in [0.2, 0.25) is 10.0 Å². The molecule has 0 fully saturated rings. The van der Waals surface area contributed by atoms with Gasteiger partial charge in [-0.25, -0.2) is 4.98 Å². The summed E-state index contributed by atoms with van der Waals surface area (Å²) in [5.74, 6) is 0.508. The Hall–Kier alpha value is -2.08. The number of aromatic nitrogens is 1. The molecule has 128 valence electrons. The monoisotopic (exact) mass is 392 g/mol. The minimum absolute atomic E-state index is 0.224. The fourth-order valence-electron chi connectivity index (χ4n) is 2.16. The normalized spacial score (nSPS) is 10.5. The van der Waals surface area contributed by atoms with Crippen LogP contribution in [0.4, 0.5) is 5.13 Å². The van der Waals surface area contributed by atoms with Gasteiger partial charge in [0, 0.05) is 16.5 Å². The second-order valence-corrected chi connectivity index (χ2v) is 6.75. The third-order valence-corrected chi connectivity index (χ3v) is 4.86. The molecule has 0 saturated heterocycles. The molecule has 1 amide bonds. The molecule has 4 nitrogen and oxygen atoms in total. The fraction of sp³-hybridized carbons (Fsp3) is 0.111. The number of amides is 1. The molecule has 3 aromatic rings. The second-order valence-electron chi connectivity index (χ2n) is 5.08. The molecule has 0 saturated carbocycles. The van der Waals surface area contributed by atoms with Crippen LogP contribution in [-0.2, 0) is 0 Å². The van der Waals surface area contributed by atoms with Gasteiger partial charge in [-0.05, 0) is 43.3 Å². The second kappa shape index (κ2) is 7.87. The van der Waals surface area contributed by atoms with E-state index >= 15 is 0 Å². The van der Waals surface area contributed by atoms with Gasteiger partial charge in [0.1, 0.15) is 5.75 Å². The van der Waals surface area contributed by atoms with Gasteiger partial charge >= 0.3 is 0 Å². The van der Waals surface area contributed by atoms with Gasteiger partial charge in [-0.1, -0.05) is 29.3 Å². The third-order valence-electron chi connectivity index (χ3n) is 3.37. The molecule has 7 heteroatoms. The first-order valence-corrected chi connectivity index (χ1v) is 9.15. The zero-order valence-corrected chi connectivity index (χ0v) is 15.6. The van der Waals surface area contributed by atoms with Gasteiger partial charge in [0.25, 0.3) is 5.91 Å². The average molecular weight is 393 g/mol. The predicted molar refractivity (Wildman–Crippen MR) is 103 cm³/mol. The van der Waals surface area contributed by atoms with Crippen molar-refractivity contribution in [2.75, 3.05) is 11.9 Å². The molecule has 0 atom stereocenters. The Balaban J connectivity index is 1.72. The topological polar surface area (TPSA) is 51.2 Å². The van der Waals surface area contributed by atoms with Crippen LogP contribution in [0, 0.1) is 0 Å². The lowest BCUT2D eigenvalue weighted by Crippen LogP contribution is -2.11. The first-order chi connectivity index (χ1) is 12.1. The van der Waals surface area contributed by atoms with E-state index in [4.69, 9.17) is 27.9 Å². The van der Waals surface area contributed by atoms with Gasteiger partial charge < -0.3 is 4.74 Å². The zero-order valence-electron chi connectivity index (χ0n) is 13.3. The van der Waals surface area contributed by atoms with Crippen molar-refractivity contribution in [2.24, 2.45) is 0 Å². The first kappa shape index (κ1) is 17.7. The third kappa shape index (κ3) is 4.31. The van der Waals surface area contributed by atoms with E-state index in [1.54, 1.807) is 36.4 Å². The van der Waals surface area contributed by atoms with Gasteiger partial charge in [0.15, 0.2) is 5.13 Å². The number of hydrogen-bond acceptors (Lipinski definition) is 4. The maximum absolute atomic E-state index is 12.3. The summed E-state index contributed by atoms with van der Waals surface area (Å²) in [7, 11) is 0. The van der Waals surface area contributed by atoms with E-state index in [2.05, 4.69) is 10.3 Å². The highest BCUT2D eigenvalue weighted by Crippen LogP contribution is 2.30. The summed E-state index contributed by atoms with van der Waals surface area (Å²) < 4.78 is 5.37. The number of ether oxygens (including phenoxy) is 1. The summed E-state index contributed by atoms with van der Waals surface area (Å²) in [5.41, 5.74) is 2.10. The number of halogens is 2. The van der Waals surface area contributed by atoms with Crippen molar-refractivity contribution in [3.8, 4) is 17.0 Å². The molecule has 0 aliphatic carbocycles. The smallest absolute Gasteiger partial charge is 0.257 e. The Labute approximate surface area is 159 Å². The Morgan fingerprint density at radius 2 is 1.92 bits per heavy atom. The van der Waals surface area contributed by atoms with Crippen LogP contribution >= 0.6 is 34.5 Å². The largest absolute Gasteiger partial charge is 0.494 e. The highest BCUT2D eigenvalue weighted by molar-refractivity contribution is 7.14. The van der Waals surface area contributed by atoms with Crippen LogP contribution in [0.5, 0.6) is 5.75 Å². The molecule has 0 bridgehead atoms. The predicted octanol–water partition coefficient (Wildman–Crippen LogP) is 5.77. The number of nitrogens with one attached hydrogen (secondary N) is 1. The summed E-state index contributed by atoms with van der Waals surface area (Å²) in [5, 5.41) is 6.12. The molecule has 1 heterocycles. The van der Waals surface area contributed by atoms with E-state index in [0.29, 0.717) is 27.3 Å². The lowest BCUT2D eigenvalue weighted by Gasteiger charge is -2.05. The Morgan fingerprint density at radius 3 is 2.60 bits per heavy atom. The van der Waals surface area contributed by atoms with Gasteiger partial charge in [-0.2, -0.15) is 0 Å². The van der Waals surface area contributed by atoms with Gasteiger partial charge in [0.05, 0.1) is 22.3 Å². The van der Waals surface area contributed by atoms with Crippen molar-refractivity contribution in [3.05, 3.63) is 63.5 Å². The summed E-state index contributed by atoms with van der Waals surface area (Å²) in [4.78, 5) is 16.7. The number of nitrogens with zero attached hydrogens (tertiary/aromatic N) is 1. The number of carbonyl (C=O) groups is 1. The minimum Gasteiger partial charge on any atom is -0.494 e. The highest BCUT2D eigenvalue weighted by Gasteiger charge is 2.11. The quantitative estimate of drug-likeness (QED) is 0.599. The van der Waals surface area contributed by atoms with Crippen LogP contribution in [0.15, 0.2) is 47.8 Å². The standard InChI is InChI=1S/C18H14Cl2N2O2S/c1-2-24-13-6-3-11(4-7-13)17(23)22-18-21-16(10-25-18)12-5-8-14(19)15(20)9-12/h3-10H,2H2,1H3,(H,21,22,23). The number of anilines is 1. The summed E-state index contributed by atoms with van der Waals surface area (Å²) in [6.45, 7) is 2.50. The molecule has 0 spiro atoms. The van der Waals surface area contributed by atoms with Crippen LogP contribution in [-0.4, -0.2) is 17.5 Å². The van der Waals surface area contributed by atoms with E-state index in [-0.39, 0.29) is 5.91 Å². The summed E-state index contributed by atoms with van der Waals surface area (Å²) in [6.07, 6.45) is 0. The molecule has 25 heavy (non-hydrogen) atoms. The molecule has 1 N–H and O–H groups in total. The molecule has 3 rings (SSSR count). The van der Waals surface area contributed by atoms with Crippen molar-refractivity contribution in [2.45, 2.75) is 6.92 Å². The Kier molecular flexibility index (Phi) is 5.58. The molecule has 1 aromatic heterocycles.